The van der Waals surface area contributed by atoms with Crippen molar-refractivity contribution >= 4 is 18.0 Å². The van der Waals surface area contributed by atoms with Crippen LogP contribution in [0.1, 0.15) is 42.4 Å². The molecule has 41 heavy (non-hydrogen) atoms. The van der Waals surface area contributed by atoms with Crippen molar-refractivity contribution in [2.45, 2.75) is 50.5 Å². The van der Waals surface area contributed by atoms with Gasteiger partial charge in [0.25, 0.3) is 0 Å². The van der Waals surface area contributed by atoms with Gasteiger partial charge in [0.05, 0.1) is 18.8 Å². The van der Waals surface area contributed by atoms with Crippen LogP contribution in [0.3, 0.4) is 0 Å². The van der Waals surface area contributed by atoms with Crippen molar-refractivity contribution in [1.29, 1.82) is 0 Å². The Hall–Kier alpha value is -4.43. The van der Waals surface area contributed by atoms with Crippen LogP contribution in [-0.4, -0.2) is 47.9 Å². The van der Waals surface area contributed by atoms with Crippen molar-refractivity contribution in [3.63, 3.8) is 0 Å². The van der Waals surface area contributed by atoms with Crippen molar-refractivity contribution < 1.29 is 29.0 Å². The first-order chi connectivity index (χ1) is 19.9. The number of carbonyl (C=O) groups is 3. The molecule has 0 aliphatic heterocycles. The van der Waals surface area contributed by atoms with Gasteiger partial charge >= 0.3 is 12.1 Å². The molecule has 0 spiro atoms. The molecule has 8 nitrogen and oxygen atoms in total. The molecule has 0 saturated heterocycles. The van der Waals surface area contributed by atoms with E-state index in [2.05, 4.69) is 34.9 Å². The Morgan fingerprint density at radius 1 is 0.927 bits per heavy atom. The molecule has 2 aliphatic rings. The number of fused-ring (bicyclic) bond motifs is 3. The molecule has 8 heteroatoms. The fraction of sp³-hybridized carbons (Fsp3) is 0.303. The van der Waals surface area contributed by atoms with E-state index < -0.39 is 42.1 Å². The largest absolute Gasteiger partial charge is 0.480 e. The van der Waals surface area contributed by atoms with E-state index in [1.807, 2.05) is 66.7 Å². The van der Waals surface area contributed by atoms with E-state index in [1.54, 1.807) is 6.92 Å². The monoisotopic (exact) mass is 554 g/mol. The second-order valence-corrected chi connectivity index (χ2v) is 10.5. The van der Waals surface area contributed by atoms with Crippen molar-refractivity contribution in [2.75, 3.05) is 6.61 Å². The van der Waals surface area contributed by atoms with Crippen LogP contribution in [-0.2, 0) is 25.7 Å². The minimum atomic E-state index is -1.20. The van der Waals surface area contributed by atoms with Crippen LogP contribution in [0, 0.1) is 5.92 Å². The van der Waals surface area contributed by atoms with Gasteiger partial charge in [-0.05, 0) is 47.6 Å². The standard InChI is InChI=1S/C33H34N2O6/c1-21(40-19-22-10-3-2-4-11-22)30(32(37)38)35-31(36)23-12-9-13-24(18-23)34-33(39)41-20-29-27-16-7-5-14-25(27)26-15-6-8-17-28(26)29/h2-11,13-17,21,23-24,29-30H,12,18-20H2,1H3,(H,34,39)(H,35,36)(H,37,38)/t21-,23?,24?,30+/m1/s1. The van der Waals surface area contributed by atoms with Crippen molar-refractivity contribution in [3.8, 4) is 11.1 Å². The molecule has 212 valence electrons. The number of nitrogens with one attached hydrogen (secondary N) is 2. The maximum absolute atomic E-state index is 13.0. The number of aliphatic carboxylic acids is 1. The summed E-state index contributed by atoms with van der Waals surface area (Å²) in [5, 5.41) is 15.2. The normalized spacial score (nSPS) is 19.0. The molecule has 3 aromatic rings. The zero-order valence-electron chi connectivity index (χ0n) is 22.9. The second kappa shape index (κ2) is 12.8. The van der Waals surface area contributed by atoms with Crippen molar-refractivity contribution in [1.82, 2.24) is 10.6 Å². The molecule has 2 aliphatic carbocycles. The van der Waals surface area contributed by atoms with Crippen molar-refractivity contribution in [3.05, 3.63) is 108 Å². The summed E-state index contributed by atoms with van der Waals surface area (Å²) >= 11 is 0. The fourth-order valence-electron chi connectivity index (χ4n) is 5.55. The number of carboxylic acids is 1. The van der Waals surface area contributed by atoms with E-state index in [0.29, 0.717) is 12.8 Å². The van der Waals surface area contributed by atoms with Crippen LogP contribution in [0.15, 0.2) is 91.0 Å². The van der Waals surface area contributed by atoms with Gasteiger partial charge in [0.15, 0.2) is 6.04 Å². The molecular formula is C33H34N2O6. The van der Waals surface area contributed by atoms with Gasteiger partial charge in [0.1, 0.15) is 6.61 Å². The van der Waals surface area contributed by atoms with E-state index in [0.717, 1.165) is 27.8 Å². The Morgan fingerprint density at radius 2 is 1.56 bits per heavy atom. The van der Waals surface area contributed by atoms with E-state index in [-0.39, 0.29) is 19.1 Å². The molecule has 3 N–H and O–H groups in total. The summed E-state index contributed by atoms with van der Waals surface area (Å²) in [7, 11) is 0. The third kappa shape index (κ3) is 6.66. The zero-order valence-corrected chi connectivity index (χ0v) is 22.9. The van der Waals surface area contributed by atoms with Crippen LogP contribution in [0.25, 0.3) is 11.1 Å². The predicted octanol–water partition coefficient (Wildman–Crippen LogP) is 5.03. The molecule has 0 fully saturated rings. The summed E-state index contributed by atoms with van der Waals surface area (Å²) in [6, 6.07) is 24.1. The number of hydrogen-bond acceptors (Lipinski definition) is 5. The summed E-state index contributed by atoms with van der Waals surface area (Å²) in [5.41, 5.74) is 5.48. The SMILES string of the molecule is C[C@@H](OCc1ccccc1)[C@H](NC(=O)C1CC=CC(NC(=O)OCC2c3ccccc3-c3ccccc32)C1)C(=O)O. The third-order valence-electron chi connectivity index (χ3n) is 7.73. The lowest BCUT2D eigenvalue weighted by molar-refractivity contribution is -0.147. The minimum Gasteiger partial charge on any atom is -0.480 e. The number of alkyl carbamates (subject to hydrolysis) is 1. The van der Waals surface area contributed by atoms with Gasteiger partial charge in [0.2, 0.25) is 5.91 Å². The molecule has 2 unspecified atom stereocenters. The Kier molecular flexibility index (Phi) is 8.79. The van der Waals surface area contributed by atoms with Crippen LogP contribution in [0.2, 0.25) is 0 Å². The maximum Gasteiger partial charge on any atom is 0.407 e. The van der Waals surface area contributed by atoms with Gasteiger partial charge in [-0.1, -0.05) is 91.0 Å². The molecule has 2 amide bonds. The van der Waals surface area contributed by atoms with E-state index in [4.69, 9.17) is 9.47 Å². The topological polar surface area (TPSA) is 114 Å². The van der Waals surface area contributed by atoms with E-state index in [1.165, 1.54) is 0 Å². The summed E-state index contributed by atoms with van der Waals surface area (Å²) in [6.45, 7) is 2.06. The zero-order chi connectivity index (χ0) is 28.8. The molecule has 0 radical (unpaired) electrons. The number of hydrogen-bond donors (Lipinski definition) is 3. The van der Waals surface area contributed by atoms with Crippen molar-refractivity contribution in [2.24, 2.45) is 5.92 Å². The van der Waals surface area contributed by atoms with E-state index >= 15 is 0 Å². The lowest BCUT2D eigenvalue weighted by atomic mass is 9.90. The van der Waals surface area contributed by atoms with Crippen LogP contribution in [0.5, 0.6) is 0 Å². The Balaban J connectivity index is 1.13. The number of carboxylic acid groups (broad SMARTS) is 1. The average Bonchev–Trinajstić information content (AvgIpc) is 3.31. The van der Waals surface area contributed by atoms with E-state index in [9.17, 15) is 19.5 Å². The van der Waals surface area contributed by atoms with Crippen LogP contribution < -0.4 is 10.6 Å². The smallest absolute Gasteiger partial charge is 0.407 e. The van der Waals surface area contributed by atoms with Gasteiger partial charge in [-0.25, -0.2) is 9.59 Å². The average molecular weight is 555 g/mol. The Morgan fingerprint density at radius 3 is 2.22 bits per heavy atom. The van der Waals surface area contributed by atoms with Gasteiger partial charge in [-0.15, -0.1) is 0 Å². The first kappa shape index (κ1) is 28.1. The number of benzene rings is 3. The Bertz CT molecular complexity index is 1380. The number of carbonyl (C=O) groups excluding carboxylic acids is 2. The first-order valence-corrected chi connectivity index (χ1v) is 13.9. The highest BCUT2D eigenvalue weighted by Crippen LogP contribution is 2.44. The molecule has 5 rings (SSSR count). The van der Waals surface area contributed by atoms with Gasteiger partial charge in [0, 0.05) is 11.8 Å². The number of amides is 2. The molecule has 0 aromatic heterocycles. The predicted molar refractivity (Wildman–Crippen MR) is 154 cm³/mol. The molecule has 0 saturated carbocycles. The number of rotatable bonds is 10. The number of ether oxygens (including phenoxy) is 2. The van der Waals surface area contributed by atoms with Gasteiger partial charge < -0.3 is 25.2 Å². The fourth-order valence-corrected chi connectivity index (χ4v) is 5.55. The van der Waals surface area contributed by atoms with Gasteiger partial charge in [-0.3, -0.25) is 4.79 Å². The summed E-state index contributed by atoms with van der Waals surface area (Å²) in [6.07, 6.45) is 3.14. The summed E-state index contributed by atoms with van der Waals surface area (Å²) in [5.74, 6) is -2.11. The maximum atomic E-state index is 13.0. The highest BCUT2D eigenvalue weighted by atomic mass is 16.5. The third-order valence-corrected chi connectivity index (χ3v) is 7.73. The molecule has 0 heterocycles. The molecule has 0 bridgehead atoms. The summed E-state index contributed by atoms with van der Waals surface area (Å²) in [4.78, 5) is 37.7. The second-order valence-electron chi connectivity index (χ2n) is 10.5. The summed E-state index contributed by atoms with van der Waals surface area (Å²) < 4.78 is 11.4. The minimum absolute atomic E-state index is 0.0485. The molecular weight excluding hydrogens is 520 g/mol. The molecule has 3 aromatic carbocycles. The highest BCUT2D eigenvalue weighted by Gasteiger charge is 2.33. The van der Waals surface area contributed by atoms with Crippen LogP contribution >= 0.6 is 0 Å². The van der Waals surface area contributed by atoms with Gasteiger partial charge in [-0.2, -0.15) is 0 Å². The molecule has 4 atom stereocenters. The highest BCUT2D eigenvalue weighted by molar-refractivity contribution is 5.85. The number of allylic oxidation sites excluding steroid dienone is 1. The van der Waals surface area contributed by atoms with Crippen LogP contribution in [0.4, 0.5) is 4.79 Å². The lowest BCUT2D eigenvalue weighted by Gasteiger charge is -2.28. The lowest BCUT2D eigenvalue weighted by Crippen LogP contribution is -2.51. The quantitative estimate of drug-likeness (QED) is 0.303. The first-order valence-electron chi connectivity index (χ1n) is 13.9. The Labute approximate surface area is 239 Å².